The number of carbonyl (C=O) groups is 2. The van der Waals surface area contributed by atoms with Crippen LogP contribution in [0.2, 0.25) is 10.0 Å². The Kier molecular flexibility index (Phi) is 7.30. The van der Waals surface area contributed by atoms with E-state index in [0.29, 0.717) is 21.5 Å². The summed E-state index contributed by atoms with van der Waals surface area (Å²) in [6.07, 6.45) is 0. The molecule has 2 amide bonds. The molecule has 0 fully saturated rings. The Labute approximate surface area is 162 Å². The number of halogens is 2. The molecular formula is C19H20Cl2N2O3. The minimum absolute atomic E-state index is 0.0924. The summed E-state index contributed by atoms with van der Waals surface area (Å²) in [6.45, 7) is 3.88. The third-order valence-corrected chi connectivity index (χ3v) is 4.17. The number of rotatable bonds is 7. The van der Waals surface area contributed by atoms with Crippen LogP contribution in [-0.2, 0) is 9.59 Å². The smallest absolute Gasteiger partial charge is 0.258 e. The zero-order valence-corrected chi connectivity index (χ0v) is 16.1. The van der Waals surface area contributed by atoms with Gasteiger partial charge in [-0.15, -0.1) is 0 Å². The van der Waals surface area contributed by atoms with E-state index >= 15 is 0 Å². The summed E-state index contributed by atoms with van der Waals surface area (Å²) < 4.78 is 5.42. The number of anilines is 1. The van der Waals surface area contributed by atoms with Gasteiger partial charge in [-0.05, 0) is 37.3 Å². The molecule has 0 unspecified atom stereocenters. The van der Waals surface area contributed by atoms with E-state index < -0.39 is 0 Å². The highest BCUT2D eigenvalue weighted by atomic mass is 35.5. The molecule has 0 bridgehead atoms. The van der Waals surface area contributed by atoms with E-state index in [-0.39, 0.29) is 31.5 Å². The molecule has 0 aliphatic heterocycles. The Hall–Kier alpha value is -2.24. The van der Waals surface area contributed by atoms with E-state index in [4.69, 9.17) is 27.9 Å². The summed E-state index contributed by atoms with van der Waals surface area (Å²) in [5, 5.41) is 3.59. The monoisotopic (exact) mass is 394 g/mol. The van der Waals surface area contributed by atoms with Crippen molar-refractivity contribution in [3.63, 3.8) is 0 Å². The topological polar surface area (TPSA) is 58.6 Å². The normalized spacial score (nSPS) is 10.3. The van der Waals surface area contributed by atoms with Crippen LogP contribution in [0.5, 0.6) is 5.75 Å². The Morgan fingerprint density at radius 3 is 2.42 bits per heavy atom. The fourth-order valence-corrected chi connectivity index (χ4v) is 2.80. The molecular weight excluding hydrogens is 375 g/mol. The number of hydrogen-bond acceptors (Lipinski definition) is 3. The second kappa shape index (κ2) is 9.46. The van der Waals surface area contributed by atoms with Gasteiger partial charge in [-0.2, -0.15) is 0 Å². The van der Waals surface area contributed by atoms with Crippen molar-refractivity contribution in [1.82, 2.24) is 5.32 Å². The molecule has 0 saturated carbocycles. The third-order valence-electron chi connectivity index (χ3n) is 3.63. The predicted molar refractivity (Wildman–Crippen MR) is 104 cm³/mol. The van der Waals surface area contributed by atoms with E-state index in [1.54, 1.807) is 18.2 Å². The molecule has 0 spiro atoms. The van der Waals surface area contributed by atoms with Crippen LogP contribution in [0.1, 0.15) is 12.5 Å². The molecule has 0 radical (unpaired) electrons. The van der Waals surface area contributed by atoms with Crippen molar-refractivity contribution >= 4 is 40.7 Å². The van der Waals surface area contributed by atoms with Gasteiger partial charge in [0.05, 0.1) is 10.7 Å². The molecule has 0 aliphatic rings. The first-order valence-electron chi connectivity index (χ1n) is 8.06. The van der Waals surface area contributed by atoms with E-state index in [2.05, 4.69) is 5.32 Å². The van der Waals surface area contributed by atoms with Crippen LogP contribution in [0.3, 0.4) is 0 Å². The summed E-state index contributed by atoms with van der Waals surface area (Å²) in [5.41, 5.74) is 1.67. The van der Waals surface area contributed by atoms with E-state index in [1.807, 2.05) is 31.2 Å². The maximum Gasteiger partial charge on any atom is 0.258 e. The number of nitrogens with zero attached hydrogens (tertiary/aromatic N) is 1. The first-order valence-corrected chi connectivity index (χ1v) is 8.81. The molecule has 0 saturated heterocycles. The largest absolute Gasteiger partial charge is 0.484 e. The molecule has 1 N–H and O–H groups in total. The summed E-state index contributed by atoms with van der Waals surface area (Å²) in [4.78, 5) is 25.3. The minimum Gasteiger partial charge on any atom is -0.484 e. The number of amides is 2. The molecule has 2 rings (SSSR count). The SMILES string of the molecule is CC(=O)N(CCNC(=O)COc1ccc(C)cc1)c1ccc(Cl)cc1Cl. The zero-order valence-electron chi connectivity index (χ0n) is 14.6. The van der Waals surface area contributed by atoms with Gasteiger partial charge in [0.25, 0.3) is 5.91 Å². The molecule has 2 aromatic rings. The lowest BCUT2D eigenvalue weighted by Gasteiger charge is -2.22. The Morgan fingerprint density at radius 2 is 1.81 bits per heavy atom. The summed E-state index contributed by atoms with van der Waals surface area (Å²) in [5.74, 6) is 0.180. The lowest BCUT2D eigenvalue weighted by Crippen LogP contribution is -2.39. The number of nitrogens with one attached hydrogen (secondary N) is 1. The van der Waals surface area contributed by atoms with Gasteiger partial charge < -0.3 is 15.0 Å². The molecule has 5 nitrogen and oxygen atoms in total. The van der Waals surface area contributed by atoms with Crippen LogP contribution in [0.4, 0.5) is 5.69 Å². The van der Waals surface area contributed by atoms with Gasteiger partial charge in [-0.25, -0.2) is 0 Å². The van der Waals surface area contributed by atoms with Gasteiger partial charge in [0.1, 0.15) is 5.75 Å². The Morgan fingerprint density at radius 1 is 1.12 bits per heavy atom. The Bertz CT molecular complexity index is 779. The van der Waals surface area contributed by atoms with Gasteiger partial charge in [0, 0.05) is 25.0 Å². The van der Waals surface area contributed by atoms with Crippen LogP contribution in [0.15, 0.2) is 42.5 Å². The van der Waals surface area contributed by atoms with Crippen molar-refractivity contribution in [3.05, 3.63) is 58.1 Å². The fourth-order valence-electron chi connectivity index (χ4n) is 2.29. The van der Waals surface area contributed by atoms with Gasteiger partial charge in [-0.1, -0.05) is 40.9 Å². The van der Waals surface area contributed by atoms with Crippen LogP contribution in [0.25, 0.3) is 0 Å². The molecule has 7 heteroatoms. The van der Waals surface area contributed by atoms with Gasteiger partial charge in [0.15, 0.2) is 6.61 Å². The number of carbonyl (C=O) groups excluding carboxylic acids is 2. The lowest BCUT2D eigenvalue weighted by molar-refractivity contribution is -0.123. The number of ether oxygens (including phenoxy) is 1. The third kappa shape index (κ3) is 5.93. The summed E-state index contributed by atoms with van der Waals surface area (Å²) in [7, 11) is 0. The molecule has 26 heavy (non-hydrogen) atoms. The van der Waals surface area contributed by atoms with Crippen molar-refractivity contribution in [3.8, 4) is 5.75 Å². The quantitative estimate of drug-likeness (QED) is 0.775. The first-order chi connectivity index (χ1) is 12.4. The van der Waals surface area contributed by atoms with Crippen LogP contribution < -0.4 is 15.0 Å². The van der Waals surface area contributed by atoms with Gasteiger partial charge in [-0.3, -0.25) is 9.59 Å². The van der Waals surface area contributed by atoms with E-state index in [1.165, 1.54) is 11.8 Å². The molecule has 0 aliphatic carbocycles. The highest BCUT2D eigenvalue weighted by molar-refractivity contribution is 6.36. The number of hydrogen-bond donors (Lipinski definition) is 1. The van der Waals surface area contributed by atoms with Crippen molar-refractivity contribution < 1.29 is 14.3 Å². The number of aryl methyl sites for hydroxylation is 1. The average Bonchev–Trinajstić information content (AvgIpc) is 2.59. The summed E-state index contributed by atoms with van der Waals surface area (Å²) >= 11 is 12.0. The van der Waals surface area contributed by atoms with Crippen molar-refractivity contribution in [2.24, 2.45) is 0 Å². The highest BCUT2D eigenvalue weighted by Crippen LogP contribution is 2.28. The zero-order chi connectivity index (χ0) is 19.1. The predicted octanol–water partition coefficient (Wildman–Crippen LogP) is 3.85. The number of benzene rings is 2. The maximum absolute atomic E-state index is 11.9. The van der Waals surface area contributed by atoms with Gasteiger partial charge >= 0.3 is 0 Å². The maximum atomic E-state index is 11.9. The second-order valence-corrected chi connectivity index (χ2v) is 6.56. The molecule has 2 aromatic carbocycles. The first kappa shape index (κ1) is 20.1. The second-order valence-electron chi connectivity index (χ2n) is 5.72. The van der Waals surface area contributed by atoms with Gasteiger partial charge in [0.2, 0.25) is 5.91 Å². The van der Waals surface area contributed by atoms with Crippen molar-refractivity contribution in [2.45, 2.75) is 13.8 Å². The standard InChI is InChI=1S/C19H20Cl2N2O3/c1-13-3-6-16(7-4-13)26-12-19(25)22-9-10-23(14(2)24)18-8-5-15(20)11-17(18)21/h3-8,11H,9-10,12H2,1-2H3,(H,22,25). The fraction of sp³-hybridized carbons (Fsp3) is 0.263. The van der Waals surface area contributed by atoms with E-state index in [0.717, 1.165) is 5.56 Å². The van der Waals surface area contributed by atoms with Crippen LogP contribution in [0, 0.1) is 6.92 Å². The van der Waals surface area contributed by atoms with E-state index in [9.17, 15) is 9.59 Å². The average molecular weight is 395 g/mol. The Balaban J connectivity index is 1.84. The van der Waals surface area contributed by atoms with Crippen LogP contribution in [-0.4, -0.2) is 31.5 Å². The minimum atomic E-state index is -0.267. The highest BCUT2D eigenvalue weighted by Gasteiger charge is 2.15. The van der Waals surface area contributed by atoms with Crippen molar-refractivity contribution in [1.29, 1.82) is 0 Å². The molecule has 0 atom stereocenters. The molecule has 0 aromatic heterocycles. The lowest BCUT2D eigenvalue weighted by atomic mass is 10.2. The summed E-state index contributed by atoms with van der Waals surface area (Å²) in [6, 6.07) is 12.3. The molecule has 0 heterocycles. The van der Waals surface area contributed by atoms with Crippen LogP contribution >= 0.6 is 23.2 Å². The van der Waals surface area contributed by atoms with Crippen molar-refractivity contribution in [2.75, 3.05) is 24.6 Å². The molecule has 138 valence electrons.